The monoisotopic (exact) mass is 475 g/mol. The van der Waals surface area contributed by atoms with Crippen LogP contribution in [0, 0.1) is 0 Å². The van der Waals surface area contributed by atoms with Crippen molar-refractivity contribution in [1.82, 2.24) is 5.32 Å². The molecular weight excluding hydrogens is 454 g/mol. The Balaban J connectivity index is 1.42. The zero-order chi connectivity index (χ0) is 24.0. The van der Waals surface area contributed by atoms with Crippen LogP contribution in [0.3, 0.4) is 0 Å². The fourth-order valence-corrected chi connectivity index (χ4v) is 4.42. The predicted molar refractivity (Wildman–Crippen MR) is 127 cm³/mol. The molecule has 4 rings (SSSR count). The molecule has 7 nitrogen and oxygen atoms in total. The maximum Gasteiger partial charge on any atom is 0.333 e. The van der Waals surface area contributed by atoms with Gasteiger partial charge in [0, 0.05) is 12.0 Å². The third-order valence-corrected chi connectivity index (χ3v) is 6.37. The van der Waals surface area contributed by atoms with Crippen LogP contribution >= 0.6 is 11.8 Å². The summed E-state index contributed by atoms with van der Waals surface area (Å²) in [6.07, 6.45) is -0.0356. The van der Waals surface area contributed by atoms with Crippen molar-refractivity contribution < 1.29 is 28.7 Å². The Morgan fingerprint density at radius 1 is 0.824 bits per heavy atom. The molecule has 34 heavy (non-hydrogen) atoms. The quantitative estimate of drug-likeness (QED) is 0.284. The van der Waals surface area contributed by atoms with Crippen molar-refractivity contribution in [3.63, 3.8) is 0 Å². The average molecular weight is 476 g/mol. The minimum absolute atomic E-state index is 0.00826. The van der Waals surface area contributed by atoms with Crippen LogP contribution in [-0.4, -0.2) is 34.3 Å². The Morgan fingerprint density at radius 2 is 1.47 bits per heavy atom. The molecule has 2 amide bonds. The van der Waals surface area contributed by atoms with E-state index in [-0.39, 0.29) is 25.4 Å². The normalized spacial score (nSPS) is 17.2. The van der Waals surface area contributed by atoms with Gasteiger partial charge in [0.15, 0.2) is 12.4 Å². The number of ketones is 1. The van der Waals surface area contributed by atoms with Crippen molar-refractivity contribution in [2.75, 3.05) is 6.61 Å². The van der Waals surface area contributed by atoms with Gasteiger partial charge in [-0.25, -0.2) is 4.79 Å². The maximum absolute atomic E-state index is 13.0. The number of ether oxygens (including phenoxy) is 2. The SMILES string of the molecule is O=C1NC(=O)C(Cc2ccc(OCC(=O)c3ccccc3)cc2)(C(=O)OCc2ccccc2)S1. The van der Waals surface area contributed by atoms with E-state index in [1.807, 2.05) is 24.3 Å². The van der Waals surface area contributed by atoms with Crippen LogP contribution in [-0.2, 0) is 27.4 Å². The second kappa shape index (κ2) is 10.4. The largest absolute Gasteiger partial charge is 0.485 e. The van der Waals surface area contributed by atoms with Crippen molar-refractivity contribution in [3.05, 3.63) is 102 Å². The van der Waals surface area contributed by atoms with Gasteiger partial charge in [-0.1, -0.05) is 72.8 Å². The lowest BCUT2D eigenvalue weighted by molar-refractivity contribution is -0.150. The Labute approximate surface area is 200 Å². The molecule has 1 fully saturated rings. The molecule has 1 N–H and O–H groups in total. The van der Waals surface area contributed by atoms with E-state index in [0.717, 1.165) is 5.56 Å². The second-order valence-electron chi connectivity index (χ2n) is 7.63. The van der Waals surface area contributed by atoms with Gasteiger partial charge in [-0.2, -0.15) is 0 Å². The highest BCUT2D eigenvalue weighted by Crippen LogP contribution is 2.37. The molecule has 3 aromatic rings. The Bertz CT molecular complexity index is 1200. The summed E-state index contributed by atoms with van der Waals surface area (Å²) in [4.78, 5) is 49.7. The lowest BCUT2D eigenvalue weighted by atomic mass is 9.97. The van der Waals surface area contributed by atoms with Gasteiger partial charge in [-0.15, -0.1) is 0 Å². The van der Waals surface area contributed by atoms with Crippen LogP contribution in [0.4, 0.5) is 4.79 Å². The lowest BCUT2D eigenvalue weighted by Gasteiger charge is -2.22. The van der Waals surface area contributed by atoms with Crippen molar-refractivity contribution >= 4 is 34.7 Å². The first-order chi connectivity index (χ1) is 16.5. The summed E-state index contributed by atoms with van der Waals surface area (Å²) >= 11 is 0.625. The summed E-state index contributed by atoms with van der Waals surface area (Å²) < 4.78 is 9.26. The first kappa shape index (κ1) is 23.3. The van der Waals surface area contributed by atoms with Gasteiger partial charge in [0.2, 0.25) is 4.75 Å². The topological polar surface area (TPSA) is 98.8 Å². The molecule has 1 unspecified atom stereocenters. The van der Waals surface area contributed by atoms with Crippen molar-refractivity contribution in [2.45, 2.75) is 17.8 Å². The minimum Gasteiger partial charge on any atom is -0.485 e. The molecule has 1 heterocycles. The third-order valence-electron chi connectivity index (χ3n) is 5.23. The number of thioether (sulfide) groups is 1. The van der Waals surface area contributed by atoms with E-state index in [4.69, 9.17) is 9.47 Å². The molecule has 1 saturated heterocycles. The zero-order valence-corrected chi connectivity index (χ0v) is 18.9. The van der Waals surface area contributed by atoms with Crippen LogP contribution in [0.1, 0.15) is 21.5 Å². The van der Waals surface area contributed by atoms with E-state index in [1.165, 1.54) is 0 Å². The molecule has 0 bridgehead atoms. The number of carbonyl (C=O) groups is 4. The van der Waals surface area contributed by atoms with Crippen molar-refractivity contribution in [1.29, 1.82) is 0 Å². The highest BCUT2D eigenvalue weighted by Gasteiger charge is 2.55. The molecule has 1 aliphatic rings. The summed E-state index contributed by atoms with van der Waals surface area (Å²) in [5.41, 5.74) is 1.96. The summed E-state index contributed by atoms with van der Waals surface area (Å²) in [5, 5.41) is 1.59. The molecule has 172 valence electrons. The molecule has 8 heteroatoms. The number of imide groups is 1. The number of rotatable bonds is 9. The van der Waals surface area contributed by atoms with Crippen LogP contribution in [0.5, 0.6) is 5.75 Å². The average Bonchev–Trinajstić information content (AvgIpc) is 3.16. The Hall–Kier alpha value is -3.91. The van der Waals surface area contributed by atoms with Gasteiger partial charge in [0.25, 0.3) is 11.1 Å². The Morgan fingerprint density at radius 3 is 2.09 bits per heavy atom. The Kier molecular flexibility index (Phi) is 7.08. The van der Waals surface area contributed by atoms with E-state index in [1.54, 1.807) is 60.7 Å². The molecule has 0 aromatic heterocycles. The number of esters is 1. The number of hydrogen-bond donors (Lipinski definition) is 1. The number of hydrogen-bond acceptors (Lipinski definition) is 7. The molecule has 3 aromatic carbocycles. The number of nitrogens with one attached hydrogen (secondary N) is 1. The zero-order valence-electron chi connectivity index (χ0n) is 18.1. The number of benzene rings is 3. The fourth-order valence-electron chi connectivity index (χ4n) is 3.43. The van der Waals surface area contributed by atoms with Gasteiger partial charge in [0.1, 0.15) is 12.4 Å². The van der Waals surface area contributed by atoms with Gasteiger partial charge in [-0.05, 0) is 35.0 Å². The molecule has 1 aliphatic heterocycles. The van der Waals surface area contributed by atoms with Crippen molar-refractivity contribution in [2.24, 2.45) is 0 Å². The van der Waals surface area contributed by atoms with E-state index in [9.17, 15) is 19.2 Å². The highest BCUT2D eigenvalue weighted by atomic mass is 32.2. The van der Waals surface area contributed by atoms with Gasteiger partial charge >= 0.3 is 5.97 Å². The van der Waals surface area contributed by atoms with Gasteiger partial charge < -0.3 is 9.47 Å². The van der Waals surface area contributed by atoms with Crippen LogP contribution in [0.25, 0.3) is 0 Å². The second-order valence-corrected chi connectivity index (χ2v) is 8.90. The fraction of sp³-hybridized carbons (Fsp3) is 0.154. The van der Waals surface area contributed by atoms with Crippen LogP contribution in [0.2, 0.25) is 0 Å². The van der Waals surface area contributed by atoms with Crippen LogP contribution in [0.15, 0.2) is 84.9 Å². The molecular formula is C26H21NO6S. The molecule has 0 saturated carbocycles. The predicted octanol–water partition coefficient (Wildman–Crippen LogP) is 3.96. The summed E-state index contributed by atoms with van der Waals surface area (Å²) in [7, 11) is 0. The smallest absolute Gasteiger partial charge is 0.333 e. The van der Waals surface area contributed by atoms with Gasteiger partial charge in [0.05, 0.1) is 0 Å². The van der Waals surface area contributed by atoms with Gasteiger partial charge in [-0.3, -0.25) is 19.7 Å². The lowest BCUT2D eigenvalue weighted by Crippen LogP contribution is -2.46. The minimum atomic E-state index is -1.71. The molecule has 1 atom stereocenters. The summed E-state index contributed by atoms with van der Waals surface area (Å²) in [5.74, 6) is -1.16. The maximum atomic E-state index is 13.0. The number of carbonyl (C=O) groups excluding carboxylic acids is 4. The standard InChI is InChI=1S/C26H21NO6S/c28-22(20-9-5-2-6-10-20)17-32-21-13-11-18(12-14-21)15-26(23(29)27-25(31)34-26)24(30)33-16-19-7-3-1-4-8-19/h1-14H,15-17H2,(H,27,29,31). The molecule has 0 spiro atoms. The van der Waals surface area contributed by atoms with E-state index in [2.05, 4.69) is 5.32 Å². The van der Waals surface area contributed by atoms with E-state index < -0.39 is 21.9 Å². The summed E-state index contributed by atoms with van der Waals surface area (Å²) in [6, 6.07) is 24.6. The van der Waals surface area contributed by atoms with Crippen LogP contribution < -0.4 is 10.1 Å². The first-order valence-electron chi connectivity index (χ1n) is 10.5. The van der Waals surface area contributed by atoms with E-state index >= 15 is 0 Å². The first-order valence-corrected chi connectivity index (χ1v) is 11.3. The van der Waals surface area contributed by atoms with E-state index in [0.29, 0.717) is 28.6 Å². The highest BCUT2D eigenvalue weighted by molar-refractivity contribution is 8.16. The summed E-state index contributed by atoms with van der Waals surface area (Å²) in [6.45, 7) is -0.127. The number of Topliss-reactive ketones (excluding diaryl/α,β-unsaturated/α-hetero) is 1. The molecule has 0 radical (unpaired) electrons. The third kappa shape index (κ3) is 5.35. The van der Waals surface area contributed by atoms with Crippen molar-refractivity contribution in [3.8, 4) is 5.75 Å². The number of amides is 2. The molecule has 0 aliphatic carbocycles.